The van der Waals surface area contributed by atoms with Crippen molar-refractivity contribution >= 4 is 68.8 Å². The summed E-state index contributed by atoms with van der Waals surface area (Å²) in [6.45, 7) is 16.8. The lowest BCUT2D eigenvalue weighted by atomic mass is 9.78. The van der Waals surface area contributed by atoms with Crippen LogP contribution < -0.4 is 10.9 Å². The van der Waals surface area contributed by atoms with E-state index in [-0.39, 0.29) is 22.4 Å². The van der Waals surface area contributed by atoms with Crippen LogP contribution >= 0.6 is 0 Å². The van der Waals surface area contributed by atoms with Gasteiger partial charge in [-0.3, -0.25) is 0 Å². The highest BCUT2D eigenvalue weighted by atomic mass is 16.7. The molecule has 8 rings (SSSR count). The third kappa shape index (κ3) is 4.20. The van der Waals surface area contributed by atoms with Gasteiger partial charge in [0.25, 0.3) is 0 Å². The fraction of sp³-hybridized carbons (Fsp3) is 0.368. The van der Waals surface area contributed by atoms with Crippen molar-refractivity contribution in [1.82, 2.24) is 9.13 Å². The van der Waals surface area contributed by atoms with E-state index < -0.39 is 14.2 Å². The minimum absolute atomic E-state index is 0.385. The molecule has 0 amide bonds. The van der Waals surface area contributed by atoms with E-state index in [1.165, 1.54) is 54.7 Å². The van der Waals surface area contributed by atoms with Crippen LogP contribution in [0, 0.1) is 0 Å². The van der Waals surface area contributed by atoms with Crippen LogP contribution in [0.3, 0.4) is 0 Å². The zero-order valence-electron chi connectivity index (χ0n) is 28.6. The van der Waals surface area contributed by atoms with Gasteiger partial charge in [-0.25, -0.2) is 0 Å². The highest BCUT2D eigenvalue weighted by Gasteiger charge is 2.52. The highest BCUT2D eigenvalue weighted by molar-refractivity contribution is 6.63. The summed E-state index contributed by atoms with van der Waals surface area (Å²) >= 11 is 0. The van der Waals surface area contributed by atoms with Gasteiger partial charge in [-0.2, -0.15) is 0 Å². The molecular formula is C38H42B2N2O4. The summed E-state index contributed by atoms with van der Waals surface area (Å²) in [7, 11) is 3.48. The second-order valence-corrected chi connectivity index (χ2v) is 15.3. The fourth-order valence-corrected chi connectivity index (χ4v) is 7.08. The van der Waals surface area contributed by atoms with Crippen LogP contribution in [0.2, 0.25) is 0 Å². The van der Waals surface area contributed by atoms with Gasteiger partial charge in [0.2, 0.25) is 0 Å². The van der Waals surface area contributed by atoms with Crippen molar-refractivity contribution in [3.8, 4) is 11.1 Å². The maximum absolute atomic E-state index is 6.40. The smallest absolute Gasteiger partial charge is 0.399 e. The number of hydrogen-bond acceptors (Lipinski definition) is 4. The van der Waals surface area contributed by atoms with Crippen LogP contribution in [0.1, 0.15) is 55.4 Å². The van der Waals surface area contributed by atoms with Crippen molar-refractivity contribution < 1.29 is 18.6 Å². The first-order chi connectivity index (χ1) is 21.6. The molecule has 6 nitrogen and oxygen atoms in total. The number of fused-ring (bicyclic) bond motifs is 6. The quantitative estimate of drug-likeness (QED) is 0.198. The number of aromatic nitrogens is 2. The van der Waals surface area contributed by atoms with Crippen LogP contribution in [-0.2, 0) is 32.7 Å². The summed E-state index contributed by atoms with van der Waals surface area (Å²) in [5.74, 6) is 0. The van der Waals surface area contributed by atoms with E-state index >= 15 is 0 Å². The topological polar surface area (TPSA) is 46.8 Å². The standard InChI is InChI=1S/C38H42B2N2O4/c1-35(2)36(3,4)44-39(43-35)25-13-17-33-29(21-25)27-19-23(11-15-31(27)41(33)9)24-12-16-32-28(20-24)30-22-26(14-18-34(30)42(32)10)40-45-37(5,6)38(7,8)46-40/h11-22H,1-10H3. The molecule has 2 aromatic heterocycles. The van der Waals surface area contributed by atoms with Crippen molar-refractivity contribution in [3.63, 3.8) is 0 Å². The number of nitrogens with zero attached hydrogens (tertiary/aromatic N) is 2. The second-order valence-electron chi connectivity index (χ2n) is 15.3. The molecule has 0 N–H and O–H groups in total. The number of aryl methyl sites for hydroxylation is 2. The fourth-order valence-electron chi connectivity index (χ4n) is 7.08. The third-order valence-corrected chi connectivity index (χ3v) is 11.4. The number of hydrogen-bond donors (Lipinski definition) is 0. The van der Waals surface area contributed by atoms with Gasteiger partial charge in [0.15, 0.2) is 0 Å². The Morgan fingerprint density at radius 2 is 0.696 bits per heavy atom. The van der Waals surface area contributed by atoms with Crippen molar-refractivity contribution in [2.45, 2.75) is 77.8 Å². The Bertz CT molecular complexity index is 2040. The summed E-state index contributed by atoms with van der Waals surface area (Å²) in [6.07, 6.45) is 0. The lowest BCUT2D eigenvalue weighted by Crippen LogP contribution is -2.41. The molecular weight excluding hydrogens is 570 g/mol. The van der Waals surface area contributed by atoms with Crippen LogP contribution in [0.4, 0.5) is 0 Å². The van der Waals surface area contributed by atoms with Crippen molar-refractivity contribution in [2.75, 3.05) is 0 Å². The molecule has 6 aromatic rings. The first-order valence-corrected chi connectivity index (χ1v) is 16.3. The van der Waals surface area contributed by atoms with Gasteiger partial charge < -0.3 is 27.8 Å². The van der Waals surface area contributed by atoms with E-state index in [0.717, 1.165) is 10.9 Å². The van der Waals surface area contributed by atoms with Gasteiger partial charge in [0.1, 0.15) is 0 Å². The van der Waals surface area contributed by atoms with Crippen LogP contribution in [0.5, 0.6) is 0 Å². The average molecular weight is 612 g/mol. The molecule has 46 heavy (non-hydrogen) atoms. The lowest BCUT2D eigenvalue weighted by Gasteiger charge is -2.32. The van der Waals surface area contributed by atoms with E-state index in [0.29, 0.717) is 0 Å². The van der Waals surface area contributed by atoms with Gasteiger partial charge in [-0.05, 0) is 114 Å². The summed E-state index contributed by atoms with van der Waals surface area (Å²) in [4.78, 5) is 0. The SMILES string of the molecule is Cn1c2ccc(B3OC(C)(C)C(C)(C)O3)cc2c2cc(-c3ccc4c(c3)c3cc(B5OC(C)(C)C(C)(C)O5)ccc3n4C)ccc21. The molecule has 2 fully saturated rings. The molecule has 4 aromatic carbocycles. The molecule has 2 aliphatic rings. The van der Waals surface area contributed by atoms with E-state index in [1.54, 1.807) is 0 Å². The van der Waals surface area contributed by atoms with Gasteiger partial charge >= 0.3 is 14.2 Å². The molecule has 0 bridgehead atoms. The third-order valence-electron chi connectivity index (χ3n) is 11.4. The predicted octanol–water partition coefficient (Wildman–Crippen LogP) is 7.24. The molecule has 0 atom stereocenters. The maximum Gasteiger partial charge on any atom is 0.494 e. The molecule has 0 saturated carbocycles. The van der Waals surface area contributed by atoms with Crippen molar-refractivity contribution in [1.29, 1.82) is 0 Å². The van der Waals surface area contributed by atoms with Gasteiger partial charge in [-0.1, -0.05) is 36.4 Å². The van der Waals surface area contributed by atoms with Crippen LogP contribution in [-0.4, -0.2) is 45.8 Å². The molecule has 2 aliphatic heterocycles. The Balaban J connectivity index is 1.22. The minimum atomic E-state index is -0.399. The first kappa shape index (κ1) is 29.8. The molecule has 0 radical (unpaired) electrons. The maximum atomic E-state index is 6.40. The second kappa shape index (κ2) is 9.51. The number of rotatable bonds is 3. The monoisotopic (exact) mass is 612 g/mol. The van der Waals surface area contributed by atoms with Gasteiger partial charge in [0.05, 0.1) is 22.4 Å². The molecule has 0 unspecified atom stereocenters. The lowest BCUT2D eigenvalue weighted by molar-refractivity contribution is 0.00578. The number of benzene rings is 4. The average Bonchev–Trinajstić information content (AvgIpc) is 3.61. The van der Waals surface area contributed by atoms with Crippen LogP contribution in [0.15, 0.2) is 72.8 Å². The zero-order chi connectivity index (χ0) is 32.6. The summed E-state index contributed by atoms with van der Waals surface area (Å²) in [5.41, 5.74) is 7.68. The summed E-state index contributed by atoms with van der Waals surface area (Å²) in [6, 6.07) is 26.7. The predicted molar refractivity (Wildman–Crippen MR) is 191 cm³/mol. The molecule has 0 aliphatic carbocycles. The van der Waals surface area contributed by atoms with Crippen molar-refractivity contribution in [3.05, 3.63) is 72.8 Å². The van der Waals surface area contributed by atoms with E-state index in [2.05, 4.69) is 151 Å². The minimum Gasteiger partial charge on any atom is -0.399 e. The van der Waals surface area contributed by atoms with Gasteiger partial charge in [0, 0.05) is 57.7 Å². The zero-order valence-corrected chi connectivity index (χ0v) is 28.6. The molecule has 0 spiro atoms. The summed E-state index contributed by atoms with van der Waals surface area (Å²) in [5, 5.41) is 4.83. The summed E-state index contributed by atoms with van der Waals surface area (Å²) < 4.78 is 30.2. The Hall–Kier alpha value is -3.55. The Morgan fingerprint density at radius 3 is 1.02 bits per heavy atom. The van der Waals surface area contributed by atoms with E-state index in [9.17, 15) is 0 Å². The Kier molecular flexibility index (Phi) is 6.17. The molecule has 234 valence electrons. The Labute approximate surface area is 271 Å². The largest absolute Gasteiger partial charge is 0.494 e. The molecule has 2 saturated heterocycles. The molecule has 4 heterocycles. The van der Waals surface area contributed by atoms with Gasteiger partial charge in [-0.15, -0.1) is 0 Å². The van der Waals surface area contributed by atoms with Crippen LogP contribution in [0.25, 0.3) is 54.7 Å². The molecule has 8 heteroatoms. The van der Waals surface area contributed by atoms with Crippen molar-refractivity contribution in [2.24, 2.45) is 14.1 Å². The highest BCUT2D eigenvalue weighted by Crippen LogP contribution is 2.39. The first-order valence-electron chi connectivity index (χ1n) is 16.3. The van der Waals surface area contributed by atoms with E-state index in [1.807, 2.05) is 0 Å². The normalized spacial score (nSPS) is 20.2. The Morgan fingerprint density at radius 1 is 0.413 bits per heavy atom. The van der Waals surface area contributed by atoms with E-state index in [4.69, 9.17) is 18.6 Å².